The standard InChI is InChI=1S/C14H22N2/c1-11(2)16(3)10-13-6-4-5-12-9-15-8-7-14(12)13/h4-6,11,15H,7-10H2,1-3H3. The van der Waals surface area contributed by atoms with Crippen molar-refractivity contribution < 1.29 is 0 Å². The van der Waals surface area contributed by atoms with Crippen molar-refractivity contribution in [3.8, 4) is 0 Å². The van der Waals surface area contributed by atoms with Crippen LogP contribution >= 0.6 is 0 Å². The Morgan fingerprint density at radius 3 is 2.94 bits per heavy atom. The van der Waals surface area contributed by atoms with Crippen LogP contribution in [-0.4, -0.2) is 24.5 Å². The smallest absolute Gasteiger partial charge is 0.0236 e. The molecule has 1 aromatic carbocycles. The van der Waals surface area contributed by atoms with Gasteiger partial charge in [-0.2, -0.15) is 0 Å². The van der Waals surface area contributed by atoms with Gasteiger partial charge < -0.3 is 5.32 Å². The molecule has 0 amide bonds. The van der Waals surface area contributed by atoms with Crippen LogP contribution < -0.4 is 5.32 Å². The van der Waals surface area contributed by atoms with Crippen molar-refractivity contribution in [3.05, 3.63) is 34.9 Å². The number of rotatable bonds is 3. The Morgan fingerprint density at radius 1 is 1.38 bits per heavy atom. The van der Waals surface area contributed by atoms with Crippen LogP contribution in [0, 0.1) is 0 Å². The molecule has 0 atom stereocenters. The van der Waals surface area contributed by atoms with Crippen LogP contribution in [0.15, 0.2) is 18.2 Å². The Morgan fingerprint density at radius 2 is 2.19 bits per heavy atom. The van der Waals surface area contributed by atoms with Crippen LogP contribution in [0.5, 0.6) is 0 Å². The minimum absolute atomic E-state index is 0.609. The van der Waals surface area contributed by atoms with Gasteiger partial charge in [0.1, 0.15) is 0 Å². The van der Waals surface area contributed by atoms with Crippen molar-refractivity contribution in [2.45, 2.75) is 39.4 Å². The van der Waals surface area contributed by atoms with E-state index in [9.17, 15) is 0 Å². The van der Waals surface area contributed by atoms with Crippen molar-refractivity contribution in [2.75, 3.05) is 13.6 Å². The van der Waals surface area contributed by atoms with E-state index in [2.05, 4.69) is 49.3 Å². The van der Waals surface area contributed by atoms with E-state index in [1.165, 1.54) is 17.5 Å². The first kappa shape index (κ1) is 11.6. The van der Waals surface area contributed by atoms with Gasteiger partial charge >= 0.3 is 0 Å². The highest BCUT2D eigenvalue weighted by atomic mass is 15.1. The molecule has 16 heavy (non-hydrogen) atoms. The molecule has 0 aliphatic carbocycles. The highest BCUT2D eigenvalue weighted by Gasteiger charge is 2.14. The van der Waals surface area contributed by atoms with Gasteiger partial charge in [0.05, 0.1) is 0 Å². The van der Waals surface area contributed by atoms with Crippen LogP contribution in [0.3, 0.4) is 0 Å². The molecule has 1 aliphatic rings. The lowest BCUT2D eigenvalue weighted by molar-refractivity contribution is 0.264. The topological polar surface area (TPSA) is 15.3 Å². The van der Waals surface area contributed by atoms with Crippen molar-refractivity contribution in [3.63, 3.8) is 0 Å². The van der Waals surface area contributed by atoms with Gasteiger partial charge in [0.25, 0.3) is 0 Å². The predicted octanol–water partition coefficient (Wildman–Crippen LogP) is 2.17. The molecule has 2 rings (SSSR count). The Hall–Kier alpha value is -0.860. The summed E-state index contributed by atoms with van der Waals surface area (Å²) in [7, 11) is 2.20. The van der Waals surface area contributed by atoms with Gasteiger partial charge in [-0.15, -0.1) is 0 Å². The molecule has 1 aliphatic heterocycles. The minimum atomic E-state index is 0.609. The second kappa shape index (κ2) is 4.98. The lowest BCUT2D eigenvalue weighted by Crippen LogP contribution is -2.29. The average Bonchev–Trinajstić information content (AvgIpc) is 2.29. The lowest BCUT2D eigenvalue weighted by atomic mass is 9.95. The SMILES string of the molecule is CC(C)N(C)Cc1cccc2c1CCNC2. The van der Waals surface area contributed by atoms with Crippen molar-refractivity contribution in [1.29, 1.82) is 0 Å². The van der Waals surface area contributed by atoms with Crippen LogP contribution in [0.1, 0.15) is 30.5 Å². The summed E-state index contributed by atoms with van der Waals surface area (Å²) in [5, 5.41) is 3.43. The number of nitrogens with zero attached hydrogens (tertiary/aromatic N) is 1. The molecule has 88 valence electrons. The first-order valence-corrected chi connectivity index (χ1v) is 6.19. The molecule has 0 spiro atoms. The molecule has 1 aromatic rings. The summed E-state index contributed by atoms with van der Waals surface area (Å²) in [6.07, 6.45) is 1.18. The molecule has 0 radical (unpaired) electrons. The van der Waals surface area contributed by atoms with Crippen molar-refractivity contribution in [1.82, 2.24) is 10.2 Å². The highest BCUT2D eigenvalue weighted by molar-refractivity contribution is 5.37. The van der Waals surface area contributed by atoms with E-state index in [1.807, 2.05) is 0 Å². The number of nitrogens with one attached hydrogen (secondary N) is 1. The maximum atomic E-state index is 3.43. The summed E-state index contributed by atoms with van der Waals surface area (Å²) < 4.78 is 0. The third-order valence-corrected chi connectivity index (χ3v) is 3.54. The fourth-order valence-corrected chi connectivity index (χ4v) is 2.21. The quantitative estimate of drug-likeness (QED) is 0.836. The third-order valence-electron chi connectivity index (χ3n) is 3.54. The lowest BCUT2D eigenvalue weighted by Gasteiger charge is -2.25. The Labute approximate surface area is 98.7 Å². The highest BCUT2D eigenvalue weighted by Crippen LogP contribution is 2.20. The molecule has 0 saturated heterocycles. The van der Waals surface area contributed by atoms with Gasteiger partial charge in [0.2, 0.25) is 0 Å². The van der Waals surface area contributed by atoms with E-state index >= 15 is 0 Å². The zero-order chi connectivity index (χ0) is 11.5. The zero-order valence-corrected chi connectivity index (χ0v) is 10.6. The van der Waals surface area contributed by atoms with Crippen LogP contribution in [0.25, 0.3) is 0 Å². The van der Waals surface area contributed by atoms with E-state index in [1.54, 1.807) is 5.56 Å². The summed E-state index contributed by atoms with van der Waals surface area (Å²) in [5.74, 6) is 0. The van der Waals surface area contributed by atoms with E-state index in [4.69, 9.17) is 0 Å². The van der Waals surface area contributed by atoms with Crippen LogP contribution in [0.2, 0.25) is 0 Å². The maximum absolute atomic E-state index is 3.43. The second-order valence-electron chi connectivity index (χ2n) is 4.99. The van der Waals surface area contributed by atoms with Crippen molar-refractivity contribution >= 4 is 0 Å². The molecular formula is C14H22N2. The largest absolute Gasteiger partial charge is 0.312 e. The van der Waals surface area contributed by atoms with Gasteiger partial charge in [-0.1, -0.05) is 18.2 Å². The molecule has 1 N–H and O–H groups in total. The Bertz CT molecular complexity index is 358. The Kier molecular flexibility index (Phi) is 3.62. The van der Waals surface area contributed by atoms with Gasteiger partial charge in [0.15, 0.2) is 0 Å². The molecule has 1 heterocycles. The molecule has 0 fully saturated rings. The third kappa shape index (κ3) is 2.45. The fourth-order valence-electron chi connectivity index (χ4n) is 2.21. The minimum Gasteiger partial charge on any atom is -0.312 e. The molecule has 2 nitrogen and oxygen atoms in total. The molecular weight excluding hydrogens is 196 g/mol. The van der Waals surface area contributed by atoms with E-state index in [0.29, 0.717) is 6.04 Å². The number of hydrogen-bond acceptors (Lipinski definition) is 2. The van der Waals surface area contributed by atoms with E-state index in [-0.39, 0.29) is 0 Å². The summed E-state index contributed by atoms with van der Waals surface area (Å²) in [4.78, 5) is 2.40. The summed E-state index contributed by atoms with van der Waals surface area (Å²) in [6, 6.07) is 7.33. The summed E-state index contributed by atoms with van der Waals surface area (Å²) >= 11 is 0. The number of hydrogen-bond donors (Lipinski definition) is 1. The predicted molar refractivity (Wildman–Crippen MR) is 68.5 cm³/mol. The Balaban J connectivity index is 2.20. The fraction of sp³-hybridized carbons (Fsp3) is 0.571. The monoisotopic (exact) mass is 218 g/mol. The normalized spacial score (nSPS) is 15.6. The number of benzene rings is 1. The second-order valence-corrected chi connectivity index (χ2v) is 4.99. The zero-order valence-electron chi connectivity index (χ0n) is 10.6. The van der Waals surface area contributed by atoms with Gasteiger partial charge in [-0.25, -0.2) is 0 Å². The first-order valence-electron chi connectivity index (χ1n) is 6.19. The number of fused-ring (bicyclic) bond motifs is 1. The maximum Gasteiger partial charge on any atom is 0.0236 e. The summed E-state index contributed by atoms with van der Waals surface area (Å²) in [5.41, 5.74) is 4.57. The average molecular weight is 218 g/mol. The summed E-state index contributed by atoms with van der Waals surface area (Å²) in [6.45, 7) is 7.72. The van der Waals surface area contributed by atoms with Crippen LogP contribution in [-0.2, 0) is 19.5 Å². The van der Waals surface area contributed by atoms with E-state index in [0.717, 1.165) is 19.6 Å². The van der Waals surface area contributed by atoms with Gasteiger partial charge in [-0.05, 0) is 50.6 Å². The first-order chi connectivity index (χ1) is 7.68. The molecule has 0 aromatic heterocycles. The molecule has 0 bridgehead atoms. The van der Waals surface area contributed by atoms with Crippen molar-refractivity contribution in [2.24, 2.45) is 0 Å². The van der Waals surface area contributed by atoms with Gasteiger partial charge in [-0.3, -0.25) is 4.90 Å². The molecule has 2 heteroatoms. The van der Waals surface area contributed by atoms with Gasteiger partial charge in [0, 0.05) is 19.1 Å². The molecule has 0 saturated carbocycles. The van der Waals surface area contributed by atoms with Crippen LogP contribution in [0.4, 0.5) is 0 Å². The molecule has 0 unspecified atom stereocenters. The van der Waals surface area contributed by atoms with E-state index < -0.39 is 0 Å².